The topological polar surface area (TPSA) is 6.48 Å². The van der Waals surface area contributed by atoms with Crippen LogP contribution in [-0.2, 0) is 6.54 Å². The van der Waals surface area contributed by atoms with Crippen molar-refractivity contribution in [1.82, 2.24) is 9.80 Å². The SMILES string of the molecule is CN1CCC(N(C)Cc2ccc(F)c(F)c2)CC1. The highest BCUT2D eigenvalue weighted by Crippen LogP contribution is 2.17. The normalized spacial score (nSPS) is 18.5. The third-order valence-electron chi connectivity index (χ3n) is 3.73. The lowest BCUT2D eigenvalue weighted by Gasteiger charge is -2.35. The average molecular weight is 254 g/mol. The van der Waals surface area contributed by atoms with E-state index >= 15 is 0 Å². The molecule has 0 amide bonds. The second kappa shape index (κ2) is 5.76. The van der Waals surface area contributed by atoms with Crippen LogP contribution < -0.4 is 0 Å². The summed E-state index contributed by atoms with van der Waals surface area (Å²) in [6, 6.07) is 4.69. The molecule has 2 rings (SSSR count). The molecule has 2 nitrogen and oxygen atoms in total. The van der Waals surface area contributed by atoms with Crippen LogP contribution in [0.5, 0.6) is 0 Å². The maximum Gasteiger partial charge on any atom is 0.159 e. The van der Waals surface area contributed by atoms with Gasteiger partial charge in [-0.05, 0) is 57.7 Å². The van der Waals surface area contributed by atoms with Crippen molar-refractivity contribution in [3.8, 4) is 0 Å². The van der Waals surface area contributed by atoms with Crippen molar-refractivity contribution in [2.24, 2.45) is 0 Å². The largest absolute Gasteiger partial charge is 0.306 e. The minimum Gasteiger partial charge on any atom is -0.306 e. The van der Waals surface area contributed by atoms with Crippen molar-refractivity contribution in [3.63, 3.8) is 0 Å². The van der Waals surface area contributed by atoms with Crippen LogP contribution >= 0.6 is 0 Å². The molecule has 1 fully saturated rings. The number of likely N-dealkylation sites (tertiary alicyclic amines) is 1. The van der Waals surface area contributed by atoms with Crippen LogP contribution in [0.15, 0.2) is 18.2 Å². The molecule has 1 aromatic carbocycles. The van der Waals surface area contributed by atoms with Gasteiger partial charge in [-0.15, -0.1) is 0 Å². The summed E-state index contributed by atoms with van der Waals surface area (Å²) >= 11 is 0. The Morgan fingerprint density at radius 3 is 2.50 bits per heavy atom. The highest BCUT2D eigenvalue weighted by atomic mass is 19.2. The Hall–Kier alpha value is -1.00. The molecule has 0 bridgehead atoms. The van der Waals surface area contributed by atoms with E-state index in [9.17, 15) is 8.78 Å². The summed E-state index contributed by atoms with van der Waals surface area (Å²) in [4.78, 5) is 4.56. The number of nitrogens with zero attached hydrogens (tertiary/aromatic N) is 2. The lowest BCUT2D eigenvalue weighted by Crippen LogP contribution is -2.41. The van der Waals surface area contributed by atoms with Gasteiger partial charge in [-0.1, -0.05) is 6.07 Å². The third kappa shape index (κ3) is 3.27. The fraction of sp³-hybridized carbons (Fsp3) is 0.571. The third-order valence-corrected chi connectivity index (χ3v) is 3.73. The first-order chi connectivity index (χ1) is 8.56. The maximum absolute atomic E-state index is 13.1. The zero-order valence-electron chi connectivity index (χ0n) is 11.0. The molecule has 0 unspecified atom stereocenters. The number of halogens is 2. The highest BCUT2D eigenvalue weighted by molar-refractivity contribution is 5.17. The molecule has 0 radical (unpaired) electrons. The van der Waals surface area contributed by atoms with Crippen LogP contribution in [0.1, 0.15) is 18.4 Å². The molecule has 0 aliphatic carbocycles. The van der Waals surface area contributed by atoms with Crippen molar-refractivity contribution < 1.29 is 8.78 Å². The molecule has 0 saturated carbocycles. The molecule has 100 valence electrons. The summed E-state index contributed by atoms with van der Waals surface area (Å²) in [6.45, 7) is 2.88. The van der Waals surface area contributed by atoms with E-state index < -0.39 is 11.6 Å². The van der Waals surface area contributed by atoms with Gasteiger partial charge in [0.2, 0.25) is 0 Å². The Kier molecular flexibility index (Phi) is 4.30. The zero-order chi connectivity index (χ0) is 13.1. The quantitative estimate of drug-likeness (QED) is 0.817. The van der Waals surface area contributed by atoms with E-state index in [4.69, 9.17) is 0 Å². The van der Waals surface area contributed by atoms with Gasteiger partial charge in [0, 0.05) is 12.6 Å². The molecule has 0 atom stereocenters. The molecular formula is C14H20F2N2. The first-order valence-electron chi connectivity index (χ1n) is 6.39. The molecule has 4 heteroatoms. The Labute approximate surface area is 107 Å². The number of piperidine rings is 1. The van der Waals surface area contributed by atoms with Crippen LogP contribution in [0.25, 0.3) is 0 Å². The molecule has 0 aromatic heterocycles. The van der Waals surface area contributed by atoms with Crippen molar-refractivity contribution in [2.75, 3.05) is 27.2 Å². The summed E-state index contributed by atoms with van der Waals surface area (Å²) in [5.41, 5.74) is 0.829. The van der Waals surface area contributed by atoms with E-state index in [0.717, 1.165) is 31.5 Å². The van der Waals surface area contributed by atoms with Gasteiger partial charge in [0.15, 0.2) is 11.6 Å². The second-order valence-corrected chi connectivity index (χ2v) is 5.20. The Morgan fingerprint density at radius 2 is 1.89 bits per heavy atom. The summed E-state index contributed by atoms with van der Waals surface area (Å²) in [5.74, 6) is -1.54. The van der Waals surface area contributed by atoms with E-state index in [2.05, 4.69) is 23.9 Å². The minimum absolute atomic E-state index is 0.536. The van der Waals surface area contributed by atoms with Crippen LogP contribution in [0.3, 0.4) is 0 Å². The molecule has 1 aromatic rings. The fourth-order valence-electron chi connectivity index (χ4n) is 2.49. The second-order valence-electron chi connectivity index (χ2n) is 5.20. The van der Waals surface area contributed by atoms with Gasteiger partial charge in [0.1, 0.15) is 0 Å². The van der Waals surface area contributed by atoms with Crippen molar-refractivity contribution >= 4 is 0 Å². The summed E-state index contributed by atoms with van der Waals surface area (Å²) in [6.07, 6.45) is 2.27. The molecule has 0 N–H and O–H groups in total. The van der Waals surface area contributed by atoms with Gasteiger partial charge < -0.3 is 4.90 Å². The summed E-state index contributed by atoms with van der Waals surface area (Å²) in [5, 5.41) is 0. The summed E-state index contributed by atoms with van der Waals surface area (Å²) in [7, 11) is 4.18. The lowest BCUT2D eigenvalue weighted by molar-refractivity contribution is 0.139. The first-order valence-corrected chi connectivity index (χ1v) is 6.39. The van der Waals surface area contributed by atoms with Crippen molar-refractivity contribution in [2.45, 2.75) is 25.4 Å². The maximum atomic E-state index is 13.1. The van der Waals surface area contributed by atoms with E-state index in [-0.39, 0.29) is 0 Å². The van der Waals surface area contributed by atoms with Gasteiger partial charge in [0.05, 0.1) is 0 Å². The standard InChI is InChI=1S/C14H20F2N2/c1-17-7-5-12(6-8-17)18(2)10-11-3-4-13(15)14(16)9-11/h3-4,9,12H,5-8,10H2,1-2H3. The predicted octanol–water partition coefficient (Wildman–Crippen LogP) is 2.49. The number of hydrogen-bond donors (Lipinski definition) is 0. The fourth-order valence-corrected chi connectivity index (χ4v) is 2.49. The van der Waals surface area contributed by atoms with Gasteiger partial charge >= 0.3 is 0 Å². The van der Waals surface area contributed by atoms with Gasteiger partial charge in [0.25, 0.3) is 0 Å². The molecule has 1 heterocycles. The van der Waals surface area contributed by atoms with E-state index in [1.165, 1.54) is 12.1 Å². The van der Waals surface area contributed by atoms with Gasteiger partial charge in [-0.2, -0.15) is 0 Å². The molecule has 18 heavy (non-hydrogen) atoms. The van der Waals surface area contributed by atoms with E-state index in [1.54, 1.807) is 6.07 Å². The molecule has 0 spiro atoms. The number of hydrogen-bond acceptors (Lipinski definition) is 2. The van der Waals surface area contributed by atoms with Crippen LogP contribution in [0, 0.1) is 11.6 Å². The van der Waals surface area contributed by atoms with E-state index in [1.807, 2.05) is 0 Å². The van der Waals surface area contributed by atoms with Crippen molar-refractivity contribution in [1.29, 1.82) is 0 Å². The Bertz CT molecular complexity index is 401. The van der Waals surface area contributed by atoms with Gasteiger partial charge in [-0.25, -0.2) is 8.78 Å². The summed E-state index contributed by atoms with van der Waals surface area (Å²) < 4.78 is 26.0. The molecular weight excluding hydrogens is 234 g/mol. The Morgan fingerprint density at radius 1 is 1.22 bits per heavy atom. The van der Waals surface area contributed by atoms with E-state index in [0.29, 0.717) is 12.6 Å². The van der Waals surface area contributed by atoms with Crippen molar-refractivity contribution in [3.05, 3.63) is 35.4 Å². The Balaban J connectivity index is 1.94. The number of benzene rings is 1. The number of rotatable bonds is 3. The van der Waals surface area contributed by atoms with Gasteiger partial charge in [-0.3, -0.25) is 4.90 Å². The monoisotopic (exact) mass is 254 g/mol. The average Bonchev–Trinajstić information content (AvgIpc) is 2.34. The first kappa shape index (κ1) is 13.4. The van der Waals surface area contributed by atoms with Crippen LogP contribution in [0.2, 0.25) is 0 Å². The molecule has 1 aliphatic heterocycles. The molecule has 1 saturated heterocycles. The molecule has 1 aliphatic rings. The minimum atomic E-state index is -0.777. The highest BCUT2D eigenvalue weighted by Gasteiger charge is 2.20. The zero-order valence-corrected chi connectivity index (χ0v) is 11.0. The lowest BCUT2D eigenvalue weighted by atomic mass is 10.0. The van der Waals surface area contributed by atoms with Crippen LogP contribution in [-0.4, -0.2) is 43.0 Å². The predicted molar refractivity (Wildman–Crippen MR) is 68.3 cm³/mol. The smallest absolute Gasteiger partial charge is 0.159 e. The van der Waals surface area contributed by atoms with Crippen LogP contribution in [0.4, 0.5) is 8.78 Å².